The Labute approximate surface area is 172 Å². The van der Waals surface area contributed by atoms with E-state index in [0.717, 1.165) is 5.56 Å². The van der Waals surface area contributed by atoms with E-state index >= 15 is 0 Å². The number of carbonyl (C=O) groups is 1. The summed E-state index contributed by atoms with van der Waals surface area (Å²) in [4.78, 5) is 12.0. The lowest BCUT2D eigenvalue weighted by molar-refractivity contribution is -0.0801. The monoisotopic (exact) mass is 409 g/mol. The van der Waals surface area contributed by atoms with Gasteiger partial charge in [-0.05, 0) is 29.1 Å². The second kappa shape index (κ2) is 9.90. The Bertz CT molecular complexity index is 605. The van der Waals surface area contributed by atoms with E-state index in [0.29, 0.717) is 6.61 Å². The molecule has 1 amide bonds. The van der Waals surface area contributed by atoms with Crippen molar-refractivity contribution in [2.24, 2.45) is 5.41 Å². The van der Waals surface area contributed by atoms with Crippen LogP contribution in [-0.4, -0.2) is 40.3 Å². The number of alkyl carbamates (subject to hydrolysis) is 1. The van der Waals surface area contributed by atoms with Gasteiger partial charge in [-0.15, -0.1) is 0 Å². The standard InChI is InChI=1S/C22H39NO4Si/c1-21(2,3)19(27-28(8,9)22(4,5)6)18(26-20(24)23-7)16-25-15-17-13-11-10-12-14-17/h10-14,18-19H,15-16H2,1-9H3,(H,23,24)/t18-,19?/m0/s1. The lowest BCUT2D eigenvalue weighted by Crippen LogP contribution is -2.54. The first kappa shape index (κ1) is 24.7. The number of ether oxygens (including phenoxy) is 2. The van der Waals surface area contributed by atoms with E-state index < -0.39 is 20.5 Å². The zero-order chi connectivity index (χ0) is 21.6. The van der Waals surface area contributed by atoms with Crippen molar-refractivity contribution in [3.05, 3.63) is 35.9 Å². The molecule has 0 aromatic heterocycles. The number of carbonyl (C=O) groups excluding carboxylic acids is 1. The van der Waals surface area contributed by atoms with Gasteiger partial charge in [0.1, 0.15) is 0 Å². The van der Waals surface area contributed by atoms with Gasteiger partial charge < -0.3 is 19.2 Å². The lowest BCUT2D eigenvalue weighted by Gasteiger charge is -2.45. The average molecular weight is 410 g/mol. The molecule has 2 atom stereocenters. The van der Waals surface area contributed by atoms with E-state index in [1.807, 2.05) is 30.3 Å². The summed E-state index contributed by atoms with van der Waals surface area (Å²) in [5.41, 5.74) is 0.864. The van der Waals surface area contributed by atoms with E-state index in [9.17, 15) is 4.79 Å². The van der Waals surface area contributed by atoms with E-state index in [1.54, 1.807) is 7.05 Å². The van der Waals surface area contributed by atoms with Crippen molar-refractivity contribution in [2.45, 2.75) is 78.5 Å². The normalized spacial score (nSPS) is 15.0. The van der Waals surface area contributed by atoms with Crippen LogP contribution in [0.4, 0.5) is 4.79 Å². The van der Waals surface area contributed by atoms with Crippen molar-refractivity contribution >= 4 is 14.4 Å². The largest absolute Gasteiger partial charge is 0.441 e. The van der Waals surface area contributed by atoms with Crippen LogP contribution in [0.1, 0.15) is 47.1 Å². The summed E-state index contributed by atoms with van der Waals surface area (Å²) in [7, 11) is -0.512. The molecular weight excluding hydrogens is 370 g/mol. The van der Waals surface area contributed by atoms with Gasteiger partial charge in [-0.3, -0.25) is 0 Å². The molecule has 0 aliphatic heterocycles. The molecule has 0 spiro atoms. The maximum absolute atomic E-state index is 12.0. The van der Waals surface area contributed by atoms with Crippen LogP contribution < -0.4 is 5.32 Å². The predicted molar refractivity (Wildman–Crippen MR) is 117 cm³/mol. The maximum atomic E-state index is 12.0. The van der Waals surface area contributed by atoms with Crippen molar-refractivity contribution in [1.82, 2.24) is 5.32 Å². The molecule has 0 radical (unpaired) electrons. The molecule has 0 saturated heterocycles. The Kier molecular flexibility index (Phi) is 8.72. The summed E-state index contributed by atoms with van der Waals surface area (Å²) in [6.45, 7) is 18.1. The lowest BCUT2D eigenvalue weighted by atomic mass is 9.86. The zero-order valence-electron chi connectivity index (χ0n) is 19.1. The minimum absolute atomic E-state index is 0.0545. The van der Waals surface area contributed by atoms with Crippen LogP contribution in [0, 0.1) is 5.41 Å². The molecule has 1 rings (SSSR count). The van der Waals surface area contributed by atoms with Crippen molar-refractivity contribution in [1.29, 1.82) is 0 Å². The summed E-state index contributed by atoms with van der Waals surface area (Å²) >= 11 is 0. The molecule has 0 saturated carbocycles. The van der Waals surface area contributed by atoms with Crippen LogP contribution >= 0.6 is 0 Å². The third kappa shape index (κ3) is 7.57. The molecule has 1 aromatic rings. The maximum Gasteiger partial charge on any atom is 0.407 e. The Morgan fingerprint density at radius 3 is 2.11 bits per heavy atom. The smallest absolute Gasteiger partial charge is 0.407 e. The van der Waals surface area contributed by atoms with Crippen LogP contribution in [0.25, 0.3) is 0 Å². The fraction of sp³-hybridized carbons (Fsp3) is 0.682. The van der Waals surface area contributed by atoms with Gasteiger partial charge in [0.05, 0.1) is 19.3 Å². The van der Waals surface area contributed by atoms with Gasteiger partial charge in [0, 0.05) is 7.05 Å². The van der Waals surface area contributed by atoms with Gasteiger partial charge in [0.2, 0.25) is 0 Å². The first-order valence-electron chi connectivity index (χ1n) is 9.96. The SMILES string of the molecule is CNC(=O)O[C@@H](COCc1ccccc1)C(O[Si](C)(C)C(C)(C)C)C(C)(C)C. The molecule has 0 aliphatic carbocycles. The Morgan fingerprint density at radius 1 is 1.07 bits per heavy atom. The van der Waals surface area contributed by atoms with E-state index in [-0.39, 0.29) is 23.2 Å². The Morgan fingerprint density at radius 2 is 1.64 bits per heavy atom. The summed E-state index contributed by atoms with van der Waals surface area (Å²) in [5.74, 6) is 0. The van der Waals surface area contributed by atoms with Gasteiger partial charge in [-0.1, -0.05) is 71.9 Å². The molecule has 5 nitrogen and oxygen atoms in total. The first-order valence-corrected chi connectivity index (χ1v) is 12.9. The Hall–Kier alpha value is -1.37. The van der Waals surface area contributed by atoms with Crippen molar-refractivity contribution < 1.29 is 18.7 Å². The molecule has 0 aliphatic rings. The summed E-state index contributed by atoms with van der Waals surface area (Å²) in [6.07, 6.45) is -1.25. The van der Waals surface area contributed by atoms with Gasteiger partial charge in [0.15, 0.2) is 14.4 Å². The van der Waals surface area contributed by atoms with Crippen LogP contribution in [0.3, 0.4) is 0 Å². The molecule has 0 heterocycles. The first-order chi connectivity index (χ1) is 12.8. The molecule has 0 fully saturated rings. The highest BCUT2D eigenvalue weighted by Crippen LogP contribution is 2.40. The van der Waals surface area contributed by atoms with Crippen LogP contribution in [0.5, 0.6) is 0 Å². The molecule has 160 valence electrons. The second-order valence-corrected chi connectivity index (χ2v) is 14.6. The number of benzene rings is 1. The van der Waals surface area contributed by atoms with Crippen molar-refractivity contribution in [3.8, 4) is 0 Å². The fourth-order valence-corrected chi connectivity index (χ4v) is 4.05. The van der Waals surface area contributed by atoms with Crippen LogP contribution in [-0.2, 0) is 20.5 Å². The topological polar surface area (TPSA) is 56.8 Å². The molecule has 0 bridgehead atoms. The molecular formula is C22H39NO4Si. The van der Waals surface area contributed by atoms with E-state index in [1.165, 1.54) is 0 Å². The predicted octanol–water partition coefficient (Wildman–Crippen LogP) is 5.36. The minimum atomic E-state index is -2.07. The van der Waals surface area contributed by atoms with E-state index in [2.05, 4.69) is 60.0 Å². The van der Waals surface area contributed by atoms with E-state index in [4.69, 9.17) is 13.9 Å². The van der Waals surface area contributed by atoms with Crippen LogP contribution in [0.2, 0.25) is 18.1 Å². The molecule has 1 unspecified atom stereocenters. The average Bonchev–Trinajstić information content (AvgIpc) is 2.57. The quantitative estimate of drug-likeness (QED) is 0.587. The van der Waals surface area contributed by atoms with Crippen molar-refractivity contribution in [2.75, 3.05) is 13.7 Å². The highest BCUT2D eigenvalue weighted by Gasteiger charge is 2.45. The number of hydrogen-bond acceptors (Lipinski definition) is 4. The third-order valence-electron chi connectivity index (χ3n) is 5.28. The van der Waals surface area contributed by atoms with Gasteiger partial charge >= 0.3 is 6.09 Å². The van der Waals surface area contributed by atoms with Gasteiger partial charge in [-0.2, -0.15) is 0 Å². The molecule has 1 aromatic carbocycles. The number of amides is 1. The summed E-state index contributed by atoms with van der Waals surface area (Å²) < 4.78 is 18.4. The Balaban J connectivity index is 3.01. The third-order valence-corrected chi connectivity index (χ3v) is 9.73. The molecule has 6 heteroatoms. The zero-order valence-corrected chi connectivity index (χ0v) is 20.1. The number of hydrogen-bond donors (Lipinski definition) is 1. The minimum Gasteiger partial charge on any atom is -0.441 e. The van der Waals surface area contributed by atoms with Crippen molar-refractivity contribution in [3.63, 3.8) is 0 Å². The fourth-order valence-electron chi connectivity index (χ4n) is 2.55. The highest BCUT2D eigenvalue weighted by molar-refractivity contribution is 6.74. The molecule has 28 heavy (non-hydrogen) atoms. The molecule has 1 N–H and O–H groups in total. The number of rotatable bonds is 8. The van der Waals surface area contributed by atoms with Crippen LogP contribution in [0.15, 0.2) is 30.3 Å². The van der Waals surface area contributed by atoms with Gasteiger partial charge in [-0.25, -0.2) is 4.79 Å². The number of nitrogens with one attached hydrogen (secondary N) is 1. The summed E-state index contributed by atoms with van der Waals surface area (Å²) in [6, 6.07) is 9.97. The summed E-state index contributed by atoms with van der Waals surface area (Å²) in [5, 5.41) is 2.60. The highest BCUT2D eigenvalue weighted by atomic mass is 28.4. The van der Waals surface area contributed by atoms with Gasteiger partial charge in [0.25, 0.3) is 0 Å². The second-order valence-electron chi connectivity index (χ2n) is 9.86.